The first-order valence-electron chi connectivity index (χ1n) is 5.05. The zero-order chi connectivity index (χ0) is 8.39. The molecular formula is C11H17N. The summed E-state index contributed by atoms with van der Waals surface area (Å²) in [5.74, 6) is 0.946. The third-order valence-corrected chi connectivity index (χ3v) is 2.94. The molecule has 1 heteroatoms. The second-order valence-corrected chi connectivity index (χ2v) is 3.88. The van der Waals surface area contributed by atoms with Crippen LogP contribution in [-0.2, 0) is 12.8 Å². The summed E-state index contributed by atoms with van der Waals surface area (Å²) in [5.41, 5.74) is 3.06. The van der Waals surface area contributed by atoms with E-state index in [9.17, 15) is 0 Å². The van der Waals surface area contributed by atoms with Crippen molar-refractivity contribution in [2.45, 2.75) is 39.0 Å². The lowest BCUT2D eigenvalue weighted by Gasteiger charge is -2.21. The van der Waals surface area contributed by atoms with E-state index in [0.717, 1.165) is 5.92 Å². The summed E-state index contributed by atoms with van der Waals surface area (Å²) in [4.78, 5) is 3.35. The summed E-state index contributed by atoms with van der Waals surface area (Å²) in [6.45, 7) is 2.28. The minimum atomic E-state index is 0.946. The SMILES string of the molecule is CCCC1CCc2cc[nH]c2C1. The Hall–Kier alpha value is -0.720. The number of rotatable bonds is 2. The Bertz CT molecular complexity index is 249. The minimum Gasteiger partial charge on any atom is -0.365 e. The zero-order valence-corrected chi connectivity index (χ0v) is 7.77. The van der Waals surface area contributed by atoms with Gasteiger partial charge in [0.05, 0.1) is 0 Å². The fourth-order valence-corrected chi connectivity index (χ4v) is 2.27. The van der Waals surface area contributed by atoms with Crippen LogP contribution in [0, 0.1) is 5.92 Å². The molecule has 1 aromatic heterocycles. The van der Waals surface area contributed by atoms with Gasteiger partial charge >= 0.3 is 0 Å². The highest BCUT2D eigenvalue weighted by molar-refractivity contribution is 5.23. The van der Waals surface area contributed by atoms with Gasteiger partial charge in [-0.2, -0.15) is 0 Å². The predicted octanol–water partition coefficient (Wildman–Crippen LogP) is 2.92. The summed E-state index contributed by atoms with van der Waals surface area (Å²) in [7, 11) is 0. The van der Waals surface area contributed by atoms with Crippen LogP contribution in [0.2, 0.25) is 0 Å². The number of hydrogen-bond acceptors (Lipinski definition) is 0. The van der Waals surface area contributed by atoms with E-state index in [1.807, 2.05) is 0 Å². The van der Waals surface area contributed by atoms with Crippen LogP contribution in [0.4, 0.5) is 0 Å². The maximum absolute atomic E-state index is 3.35. The van der Waals surface area contributed by atoms with Crippen LogP contribution in [0.25, 0.3) is 0 Å². The first-order valence-corrected chi connectivity index (χ1v) is 5.05. The molecule has 1 aromatic rings. The fourth-order valence-electron chi connectivity index (χ4n) is 2.27. The molecular weight excluding hydrogens is 146 g/mol. The summed E-state index contributed by atoms with van der Waals surface area (Å²) >= 11 is 0. The first kappa shape index (κ1) is 7.90. The monoisotopic (exact) mass is 163 g/mol. The molecule has 0 aliphatic heterocycles. The lowest BCUT2D eigenvalue weighted by Crippen LogP contribution is -2.13. The highest BCUT2D eigenvalue weighted by atomic mass is 14.7. The predicted molar refractivity (Wildman–Crippen MR) is 51.2 cm³/mol. The Morgan fingerprint density at radius 2 is 2.50 bits per heavy atom. The molecule has 1 unspecified atom stereocenters. The van der Waals surface area contributed by atoms with Gasteiger partial charge in [0.15, 0.2) is 0 Å². The quantitative estimate of drug-likeness (QED) is 0.690. The molecule has 0 bridgehead atoms. The molecule has 0 saturated heterocycles. The van der Waals surface area contributed by atoms with E-state index in [4.69, 9.17) is 0 Å². The molecule has 1 nitrogen and oxygen atoms in total. The number of H-pyrrole nitrogens is 1. The van der Waals surface area contributed by atoms with E-state index in [1.54, 1.807) is 5.56 Å². The molecule has 0 spiro atoms. The Labute approximate surface area is 74.2 Å². The van der Waals surface area contributed by atoms with Crippen molar-refractivity contribution >= 4 is 0 Å². The highest BCUT2D eigenvalue weighted by Crippen LogP contribution is 2.27. The van der Waals surface area contributed by atoms with Crippen LogP contribution in [0.3, 0.4) is 0 Å². The first-order chi connectivity index (χ1) is 5.90. The average Bonchev–Trinajstić information content (AvgIpc) is 2.51. The second kappa shape index (κ2) is 3.34. The number of fused-ring (bicyclic) bond motifs is 1. The minimum absolute atomic E-state index is 0.946. The summed E-state index contributed by atoms with van der Waals surface area (Å²) in [6.07, 6.45) is 8.80. The molecule has 0 radical (unpaired) electrons. The van der Waals surface area contributed by atoms with Crippen molar-refractivity contribution in [3.8, 4) is 0 Å². The average molecular weight is 163 g/mol. The number of aryl methyl sites for hydroxylation is 1. The summed E-state index contributed by atoms with van der Waals surface area (Å²) < 4.78 is 0. The molecule has 1 heterocycles. The molecule has 0 amide bonds. The van der Waals surface area contributed by atoms with Crippen molar-refractivity contribution in [3.05, 3.63) is 23.5 Å². The van der Waals surface area contributed by atoms with Crippen molar-refractivity contribution in [2.24, 2.45) is 5.92 Å². The largest absolute Gasteiger partial charge is 0.365 e. The Kier molecular flexibility index (Phi) is 2.20. The molecule has 1 aliphatic rings. The fraction of sp³-hybridized carbons (Fsp3) is 0.636. The third kappa shape index (κ3) is 1.40. The molecule has 0 aromatic carbocycles. The summed E-state index contributed by atoms with van der Waals surface area (Å²) in [6, 6.07) is 2.23. The van der Waals surface area contributed by atoms with Gasteiger partial charge < -0.3 is 4.98 Å². The van der Waals surface area contributed by atoms with Crippen molar-refractivity contribution in [3.63, 3.8) is 0 Å². The Morgan fingerprint density at radius 3 is 3.33 bits per heavy atom. The molecule has 1 aliphatic carbocycles. The number of aromatic amines is 1. The Balaban J connectivity index is 2.05. The van der Waals surface area contributed by atoms with E-state index in [1.165, 1.54) is 37.8 Å². The van der Waals surface area contributed by atoms with Gasteiger partial charge in [0.2, 0.25) is 0 Å². The van der Waals surface area contributed by atoms with Crippen LogP contribution >= 0.6 is 0 Å². The van der Waals surface area contributed by atoms with Gasteiger partial charge in [-0.05, 0) is 36.8 Å². The Morgan fingerprint density at radius 1 is 1.58 bits per heavy atom. The number of hydrogen-bond donors (Lipinski definition) is 1. The van der Waals surface area contributed by atoms with E-state index in [2.05, 4.69) is 24.2 Å². The van der Waals surface area contributed by atoms with Crippen LogP contribution in [0.15, 0.2) is 12.3 Å². The second-order valence-electron chi connectivity index (χ2n) is 3.88. The molecule has 1 N–H and O–H groups in total. The van der Waals surface area contributed by atoms with Crippen molar-refractivity contribution in [1.29, 1.82) is 0 Å². The normalized spacial score (nSPS) is 22.2. The van der Waals surface area contributed by atoms with E-state index >= 15 is 0 Å². The van der Waals surface area contributed by atoms with Gasteiger partial charge in [0.25, 0.3) is 0 Å². The molecule has 0 fully saturated rings. The molecule has 2 rings (SSSR count). The molecule has 1 atom stereocenters. The topological polar surface area (TPSA) is 15.8 Å². The standard InChI is InChI=1S/C11H17N/c1-2-3-9-4-5-10-6-7-12-11(10)8-9/h6-7,9,12H,2-5,8H2,1H3. The van der Waals surface area contributed by atoms with E-state index in [0.29, 0.717) is 0 Å². The molecule has 0 saturated carbocycles. The highest BCUT2D eigenvalue weighted by Gasteiger charge is 2.17. The number of nitrogens with one attached hydrogen (secondary N) is 1. The van der Waals surface area contributed by atoms with Gasteiger partial charge in [-0.3, -0.25) is 0 Å². The molecule has 66 valence electrons. The van der Waals surface area contributed by atoms with Crippen molar-refractivity contribution in [2.75, 3.05) is 0 Å². The number of aromatic nitrogens is 1. The van der Waals surface area contributed by atoms with Crippen LogP contribution < -0.4 is 0 Å². The van der Waals surface area contributed by atoms with Crippen LogP contribution in [-0.4, -0.2) is 4.98 Å². The zero-order valence-electron chi connectivity index (χ0n) is 7.77. The van der Waals surface area contributed by atoms with Crippen molar-refractivity contribution in [1.82, 2.24) is 4.98 Å². The smallest absolute Gasteiger partial charge is 0.0182 e. The third-order valence-electron chi connectivity index (χ3n) is 2.94. The lowest BCUT2D eigenvalue weighted by molar-refractivity contribution is 0.419. The van der Waals surface area contributed by atoms with Crippen LogP contribution in [0.5, 0.6) is 0 Å². The maximum Gasteiger partial charge on any atom is 0.0182 e. The molecule has 12 heavy (non-hydrogen) atoms. The van der Waals surface area contributed by atoms with Crippen LogP contribution in [0.1, 0.15) is 37.4 Å². The lowest BCUT2D eigenvalue weighted by atomic mass is 9.85. The van der Waals surface area contributed by atoms with Crippen molar-refractivity contribution < 1.29 is 0 Å². The van der Waals surface area contributed by atoms with E-state index in [-0.39, 0.29) is 0 Å². The van der Waals surface area contributed by atoms with Gasteiger partial charge in [0.1, 0.15) is 0 Å². The summed E-state index contributed by atoms with van der Waals surface area (Å²) in [5, 5.41) is 0. The van der Waals surface area contributed by atoms with Gasteiger partial charge in [-0.25, -0.2) is 0 Å². The van der Waals surface area contributed by atoms with E-state index < -0.39 is 0 Å². The maximum atomic E-state index is 3.35. The van der Waals surface area contributed by atoms with Gasteiger partial charge in [-0.1, -0.05) is 19.8 Å². The van der Waals surface area contributed by atoms with Gasteiger partial charge in [-0.15, -0.1) is 0 Å². The van der Waals surface area contributed by atoms with Gasteiger partial charge in [0, 0.05) is 11.9 Å².